The lowest BCUT2D eigenvalue weighted by Crippen LogP contribution is -2.25. The standard InChI is InChI=1S/C21H25N5O3S/c1-14(2)17-10-6-8-12-19(17)26-15(3)23-20(24-26)21(27)22-13-16-9-5-7-11-18(16)25-30(4,28)29/h5-12,14,25H,13H2,1-4H3,(H,22,27). The number of benzene rings is 2. The summed E-state index contributed by atoms with van der Waals surface area (Å²) in [6.45, 7) is 6.13. The summed E-state index contributed by atoms with van der Waals surface area (Å²) < 4.78 is 27.2. The molecular formula is C21H25N5O3S. The van der Waals surface area contributed by atoms with E-state index < -0.39 is 15.9 Å². The Bertz CT molecular complexity index is 1170. The quantitative estimate of drug-likeness (QED) is 0.603. The van der Waals surface area contributed by atoms with Crippen LogP contribution in [0.15, 0.2) is 48.5 Å². The van der Waals surface area contributed by atoms with Gasteiger partial charge in [0.2, 0.25) is 15.8 Å². The van der Waals surface area contributed by atoms with Gasteiger partial charge in [0.1, 0.15) is 5.82 Å². The van der Waals surface area contributed by atoms with Crippen LogP contribution in [0.2, 0.25) is 0 Å². The second kappa shape index (κ2) is 8.66. The SMILES string of the molecule is Cc1nc(C(=O)NCc2ccccc2NS(C)(=O)=O)nn1-c1ccccc1C(C)C. The van der Waals surface area contributed by atoms with Gasteiger partial charge >= 0.3 is 0 Å². The minimum Gasteiger partial charge on any atom is -0.345 e. The van der Waals surface area contributed by atoms with Gasteiger partial charge in [-0.2, -0.15) is 0 Å². The van der Waals surface area contributed by atoms with Crippen molar-refractivity contribution in [3.05, 3.63) is 71.3 Å². The Morgan fingerprint density at radius 2 is 1.77 bits per heavy atom. The molecule has 3 rings (SSSR count). The Hall–Kier alpha value is -3.20. The molecule has 2 aromatic carbocycles. The highest BCUT2D eigenvalue weighted by Gasteiger charge is 2.18. The zero-order chi connectivity index (χ0) is 21.9. The van der Waals surface area contributed by atoms with E-state index in [-0.39, 0.29) is 12.4 Å². The fourth-order valence-corrected chi connectivity index (χ4v) is 3.71. The van der Waals surface area contributed by atoms with Gasteiger partial charge in [0.05, 0.1) is 17.6 Å². The number of aromatic nitrogens is 3. The Morgan fingerprint density at radius 3 is 2.47 bits per heavy atom. The number of amides is 1. The lowest BCUT2D eigenvalue weighted by Gasteiger charge is -2.12. The fourth-order valence-electron chi connectivity index (χ4n) is 3.11. The van der Waals surface area contributed by atoms with Crippen LogP contribution in [-0.2, 0) is 16.6 Å². The van der Waals surface area contributed by atoms with Crippen LogP contribution in [0.3, 0.4) is 0 Å². The first kappa shape index (κ1) is 21.5. The molecule has 0 unspecified atom stereocenters. The average Bonchev–Trinajstić information content (AvgIpc) is 3.07. The van der Waals surface area contributed by atoms with E-state index in [4.69, 9.17) is 0 Å². The minimum atomic E-state index is -3.43. The Labute approximate surface area is 176 Å². The molecule has 0 atom stereocenters. The second-order valence-electron chi connectivity index (χ2n) is 7.32. The van der Waals surface area contributed by atoms with Crippen LogP contribution in [0.5, 0.6) is 0 Å². The highest BCUT2D eigenvalue weighted by molar-refractivity contribution is 7.92. The number of nitrogens with one attached hydrogen (secondary N) is 2. The van der Waals surface area contributed by atoms with Crippen molar-refractivity contribution in [1.82, 2.24) is 20.1 Å². The molecule has 1 heterocycles. The number of rotatable bonds is 7. The third-order valence-corrected chi connectivity index (χ3v) is 5.10. The molecule has 8 nitrogen and oxygen atoms in total. The molecule has 30 heavy (non-hydrogen) atoms. The molecule has 9 heteroatoms. The molecule has 158 valence electrons. The molecule has 2 N–H and O–H groups in total. The average molecular weight is 428 g/mol. The predicted molar refractivity (Wildman–Crippen MR) is 116 cm³/mol. The zero-order valence-corrected chi connectivity index (χ0v) is 18.2. The Kier molecular flexibility index (Phi) is 6.21. The van der Waals surface area contributed by atoms with Crippen molar-refractivity contribution >= 4 is 21.6 Å². The molecule has 0 saturated heterocycles. The number of para-hydroxylation sites is 2. The van der Waals surface area contributed by atoms with E-state index in [1.54, 1.807) is 35.9 Å². The van der Waals surface area contributed by atoms with Crippen molar-refractivity contribution in [2.75, 3.05) is 11.0 Å². The summed E-state index contributed by atoms with van der Waals surface area (Å²) in [5, 5.41) is 7.16. The zero-order valence-electron chi connectivity index (χ0n) is 17.4. The maximum atomic E-state index is 12.6. The van der Waals surface area contributed by atoms with Crippen molar-refractivity contribution in [3.63, 3.8) is 0 Å². The molecule has 3 aromatic rings. The van der Waals surface area contributed by atoms with Crippen LogP contribution in [0.1, 0.15) is 47.3 Å². The summed E-state index contributed by atoms with van der Waals surface area (Å²) in [5.41, 5.74) is 3.05. The molecule has 0 aliphatic rings. The van der Waals surface area contributed by atoms with Gasteiger partial charge in [0.15, 0.2) is 0 Å². The van der Waals surface area contributed by atoms with Gasteiger partial charge < -0.3 is 5.32 Å². The maximum absolute atomic E-state index is 12.6. The molecule has 0 aliphatic heterocycles. The van der Waals surface area contributed by atoms with Crippen LogP contribution >= 0.6 is 0 Å². The van der Waals surface area contributed by atoms with Gasteiger partial charge in [-0.05, 0) is 36.1 Å². The molecule has 0 fully saturated rings. The van der Waals surface area contributed by atoms with Gasteiger partial charge in [0, 0.05) is 6.54 Å². The van der Waals surface area contributed by atoms with Gasteiger partial charge in [-0.1, -0.05) is 50.2 Å². The summed E-state index contributed by atoms with van der Waals surface area (Å²) in [6, 6.07) is 14.8. The molecule has 0 saturated carbocycles. The van der Waals surface area contributed by atoms with E-state index in [1.165, 1.54) is 0 Å². The largest absolute Gasteiger partial charge is 0.345 e. The number of hydrogen-bond donors (Lipinski definition) is 2. The first-order valence-corrected chi connectivity index (χ1v) is 11.4. The number of aryl methyl sites for hydroxylation is 1. The predicted octanol–water partition coefficient (Wildman–Crippen LogP) is 3.00. The van der Waals surface area contributed by atoms with Crippen molar-refractivity contribution in [1.29, 1.82) is 0 Å². The molecule has 1 amide bonds. The van der Waals surface area contributed by atoms with Crippen LogP contribution in [-0.4, -0.2) is 35.3 Å². The highest BCUT2D eigenvalue weighted by Crippen LogP contribution is 2.23. The van der Waals surface area contributed by atoms with E-state index in [9.17, 15) is 13.2 Å². The first-order chi connectivity index (χ1) is 14.2. The number of carbonyl (C=O) groups excluding carboxylic acids is 1. The number of nitrogens with zero attached hydrogens (tertiary/aromatic N) is 3. The fraction of sp³-hybridized carbons (Fsp3) is 0.286. The summed E-state index contributed by atoms with van der Waals surface area (Å²) in [5.74, 6) is 0.515. The van der Waals surface area contributed by atoms with E-state index in [0.717, 1.165) is 17.5 Å². The van der Waals surface area contributed by atoms with E-state index in [1.807, 2.05) is 24.3 Å². The summed E-state index contributed by atoms with van der Waals surface area (Å²) in [6.07, 6.45) is 1.08. The highest BCUT2D eigenvalue weighted by atomic mass is 32.2. The van der Waals surface area contributed by atoms with Crippen LogP contribution in [0.25, 0.3) is 5.69 Å². The number of hydrogen-bond acceptors (Lipinski definition) is 5. The molecule has 0 bridgehead atoms. The molecular weight excluding hydrogens is 402 g/mol. The van der Waals surface area contributed by atoms with Gasteiger partial charge in [-0.15, -0.1) is 5.10 Å². The van der Waals surface area contributed by atoms with E-state index in [2.05, 4.69) is 34.0 Å². The topological polar surface area (TPSA) is 106 Å². The van der Waals surface area contributed by atoms with E-state index in [0.29, 0.717) is 23.0 Å². The lowest BCUT2D eigenvalue weighted by atomic mass is 10.0. The molecule has 0 aliphatic carbocycles. The summed E-state index contributed by atoms with van der Waals surface area (Å²) >= 11 is 0. The Morgan fingerprint density at radius 1 is 1.10 bits per heavy atom. The van der Waals surface area contributed by atoms with Crippen LogP contribution < -0.4 is 10.0 Å². The summed E-state index contributed by atoms with van der Waals surface area (Å²) in [7, 11) is -3.43. The van der Waals surface area contributed by atoms with Crippen LogP contribution in [0.4, 0.5) is 5.69 Å². The van der Waals surface area contributed by atoms with E-state index >= 15 is 0 Å². The smallest absolute Gasteiger partial charge is 0.291 e. The van der Waals surface area contributed by atoms with Gasteiger partial charge in [-0.3, -0.25) is 9.52 Å². The van der Waals surface area contributed by atoms with Crippen LogP contribution in [0, 0.1) is 6.92 Å². The third-order valence-electron chi connectivity index (χ3n) is 4.51. The van der Waals surface area contributed by atoms with Crippen molar-refractivity contribution in [2.45, 2.75) is 33.2 Å². The monoisotopic (exact) mass is 427 g/mol. The second-order valence-corrected chi connectivity index (χ2v) is 9.07. The van der Waals surface area contributed by atoms with Crippen molar-refractivity contribution in [2.24, 2.45) is 0 Å². The minimum absolute atomic E-state index is 0.0552. The normalized spacial score (nSPS) is 11.5. The summed E-state index contributed by atoms with van der Waals surface area (Å²) in [4.78, 5) is 17.0. The van der Waals surface area contributed by atoms with Crippen molar-refractivity contribution in [3.8, 4) is 5.69 Å². The number of carbonyl (C=O) groups is 1. The van der Waals surface area contributed by atoms with Gasteiger partial charge in [0.25, 0.3) is 5.91 Å². The number of sulfonamides is 1. The maximum Gasteiger partial charge on any atom is 0.291 e. The molecule has 0 spiro atoms. The molecule has 1 aromatic heterocycles. The Balaban J connectivity index is 1.80. The third kappa shape index (κ3) is 5.04. The molecule has 0 radical (unpaired) electrons. The number of anilines is 1. The first-order valence-electron chi connectivity index (χ1n) is 9.52. The lowest BCUT2D eigenvalue weighted by molar-refractivity contribution is 0.0940. The van der Waals surface area contributed by atoms with Gasteiger partial charge in [-0.25, -0.2) is 18.1 Å². The van der Waals surface area contributed by atoms with Crippen molar-refractivity contribution < 1.29 is 13.2 Å².